The largest absolute Gasteiger partial charge is 0.351 e. The Balaban J connectivity index is 1.48. The molecule has 1 fully saturated rings. The molecule has 0 spiro atoms. The SMILES string of the molecule is O=C(NCCN1CCCC1)c1cccn2c1nc1cc3ccccc3nc12. The fourth-order valence-corrected chi connectivity index (χ4v) is 3.86. The predicted octanol–water partition coefficient (Wildman–Crippen LogP) is 2.86. The van der Waals surface area contributed by atoms with E-state index in [4.69, 9.17) is 9.97 Å². The number of hydrogen-bond donors (Lipinski definition) is 1. The number of fused-ring (bicyclic) bond motifs is 4. The van der Waals surface area contributed by atoms with E-state index in [-0.39, 0.29) is 5.91 Å². The van der Waals surface area contributed by atoms with Crippen LogP contribution in [0.15, 0.2) is 48.7 Å². The lowest BCUT2D eigenvalue weighted by molar-refractivity contribution is 0.0951. The van der Waals surface area contributed by atoms with Crippen LogP contribution in [0.4, 0.5) is 0 Å². The second-order valence-corrected chi connectivity index (χ2v) is 7.06. The smallest absolute Gasteiger partial charge is 0.255 e. The van der Waals surface area contributed by atoms with Crippen LogP contribution in [0.5, 0.6) is 0 Å². The van der Waals surface area contributed by atoms with Crippen LogP contribution in [0.25, 0.3) is 27.7 Å². The van der Waals surface area contributed by atoms with Gasteiger partial charge in [-0.25, -0.2) is 9.97 Å². The van der Waals surface area contributed by atoms with Gasteiger partial charge < -0.3 is 10.2 Å². The van der Waals surface area contributed by atoms with Gasteiger partial charge in [-0.05, 0) is 50.2 Å². The molecule has 1 saturated heterocycles. The Morgan fingerprint density at radius 3 is 2.70 bits per heavy atom. The van der Waals surface area contributed by atoms with Gasteiger partial charge in [-0.15, -0.1) is 0 Å². The first-order valence-electron chi connectivity index (χ1n) is 9.47. The summed E-state index contributed by atoms with van der Waals surface area (Å²) in [6.45, 7) is 3.83. The third kappa shape index (κ3) is 2.92. The first-order chi connectivity index (χ1) is 13.3. The van der Waals surface area contributed by atoms with Gasteiger partial charge >= 0.3 is 0 Å². The van der Waals surface area contributed by atoms with Crippen LogP contribution in [0.3, 0.4) is 0 Å². The summed E-state index contributed by atoms with van der Waals surface area (Å²) in [6, 6.07) is 13.7. The molecule has 0 radical (unpaired) electrons. The van der Waals surface area contributed by atoms with Crippen molar-refractivity contribution in [2.75, 3.05) is 26.2 Å². The Morgan fingerprint density at radius 2 is 1.81 bits per heavy atom. The second-order valence-electron chi connectivity index (χ2n) is 7.06. The van der Waals surface area contributed by atoms with Crippen molar-refractivity contribution in [2.24, 2.45) is 0 Å². The van der Waals surface area contributed by atoms with E-state index in [1.54, 1.807) is 0 Å². The van der Waals surface area contributed by atoms with Gasteiger partial charge in [0.1, 0.15) is 5.52 Å². The average Bonchev–Trinajstić information content (AvgIpc) is 3.33. The van der Waals surface area contributed by atoms with E-state index in [1.807, 2.05) is 53.1 Å². The lowest BCUT2D eigenvalue weighted by atomic mass is 10.2. The molecule has 0 aliphatic carbocycles. The van der Waals surface area contributed by atoms with Crippen LogP contribution in [0.1, 0.15) is 23.2 Å². The molecule has 6 nitrogen and oxygen atoms in total. The molecule has 4 aromatic rings. The lowest BCUT2D eigenvalue weighted by Crippen LogP contribution is -2.33. The standard InChI is InChI=1S/C21H21N5O/c27-21(22-9-13-25-10-3-4-11-25)16-7-5-12-26-19(16)24-18-14-15-6-1-2-8-17(15)23-20(18)26/h1-2,5-8,12,14H,3-4,9-11,13H2,(H,22,27). The maximum absolute atomic E-state index is 12.7. The maximum atomic E-state index is 12.7. The van der Waals surface area contributed by atoms with Gasteiger partial charge in [0.2, 0.25) is 0 Å². The number of imidazole rings is 1. The number of nitrogens with one attached hydrogen (secondary N) is 1. The van der Waals surface area contributed by atoms with Gasteiger partial charge in [0.05, 0.1) is 11.1 Å². The second kappa shape index (κ2) is 6.63. The van der Waals surface area contributed by atoms with E-state index in [2.05, 4.69) is 10.2 Å². The third-order valence-electron chi connectivity index (χ3n) is 5.26. The number of nitrogens with zero attached hydrogens (tertiary/aromatic N) is 4. The zero-order valence-corrected chi connectivity index (χ0v) is 15.1. The minimum absolute atomic E-state index is 0.0836. The first-order valence-corrected chi connectivity index (χ1v) is 9.47. The van der Waals surface area contributed by atoms with Crippen molar-refractivity contribution in [3.8, 4) is 0 Å². The molecule has 1 amide bonds. The summed E-state index contributed by atoms with van der Waals surface area (Å²) in [5, 5.41) is 4.09. The highest BCUT2D eigenvalue weighted by atomic mass is 16.1. The lowest BCUT2D eigenvalue weighted by Gasteiger charge is -2.14. The molecule has 1 aliphatic heterocycles. The molecule has 5 rings (SSSR count). The van der Waals surface area contributed by atoms with Gasteiger partial charge in [0, 0.05) is 24.7 Å². The van der Waals surface area contributed by atoms with E-state index in [9.17, 15) is 4.79 Å². The molecule has 6 heteroatoms. The number of benzene rings is 1. The molecule has 27 heavy (non-hydrogen) atoms. The quantitative estimate of drug-likeness (QED) is 0.609. The highest BCUT2D eigenvalue weighted by Crippen LogP contribution is 2.22. The van der Waals surface area contributed by atoms with Gasteiger partial charge in [-0.3, -0.25) is 9.20 Å². The minimum atomic E-state index is -0.0836. The number of para-hydroxylation sites is 1. The summed E-state index contributed by atoms with van der Waals surface area (Å²) in [7, 11) is 0. The summed E-state index contributed by atoms with van der Waals surface area (Å²) < 4.78 is 1.90. The molecule has 1 aromatic carbocycles. The molecule has 136 valence electrons. The number of likely N-dealkylation sites (tertiary alicyclic amines) is 1. The average molecular weight is 359 g/mol. The number of amides is 1. The summed E-state index contributed by atoms with van der Waals surface area (Å²) in [5.41, 5.74) is 3.73. The number of rotatable bonds is 4. The highest BCUT2D eigenvalue weighted by Gasteiger charge is 2.16. The number of carbonyl (C=O) groups excluding carboxylic acids is 1. The van der Waals surface area contributed by atoms with Crippen LogP contribution in [-0.2, 0) is 0 Å². The van der Waals surface area contributed by atoms with E-state index in [0.29, 0.717) is 17.8 Å². The number of pyridine rings is 2. The predicted molar refractivity (Wildman–Crippen MR) is 106 cm³/mol. The van der Waals surface area contributed by atoms with Crippen molar-refractivity contribution in [1.82, 2.24) is 24.6 Å². The van der Waals surface area contributed by atoms with E-state index < -0.39 is 0 Å². The fourth-order valence-electron chi connectivity index (χ4n) is 3.86. The molecule has 4 heterocycles. The van der Waals surface area contributed by atoms with Crippen LogP contribution in [0.2, 0.25) is 0 Å². The normalized spacial score (nSPS) is 15.1. The number of carbonyl (C=O) groups is 1. The summed E-state index contributed by atoms with van der Waals surface area (Å²) >= 11 is 0. The zero-order valence-electron chi connectivity index (χ0n) is 15.1. The summed E-state index contributed by atoms with van der Waals surface area (Å²) in [5.74, 6) is -0.0836. The van der Waals surface area contributed by atoms with Crippen LogP contribution < -0.4 is 5.32 Å². The molecule has 1 N–H and O–H groups in total. The van der Waals surface area contributed by atoms with Crippen molar-refractivity contribution in [3.05, 3.63) is 54.2 Å². The molecule has 0 unspecified atom stereocenters. The Bertz CT molecular complexity index is 1140. The van der Waals surface area contributed by atoms with E-state index in [1.165, 1.54) is 12.8 Å². The van der Waals surface area contributed by atoms with Gasteiger partial charge in [-0.1, -0.05) is 18.2 Å². The molecule has 0 bridgehead atoms. The molecule has 0 atom stereocenters. The Hall–Kier alpha value is -2.99. The third-order valence-corrected chi connectivity index (χ3v) is 5.26. The Labute approximate surface area is 156 Å². The van der Waals surface area contributed by atoms with Crippen molar-refractivity contribution >= 4 is 33.6 Å². The van der Waals surface area contributed by atoms with Gasteiger partial charge in [0.15, 0.2) is 11.3 Å². The molecule has 0 saturated carbocycles. The Morgan fingerprint density at radius 1 is 1.00 bits per heavy atom. The molecular weight excluding hydrogens is 338 g/mol. The van der Waals surface area contributed by atoms with Crippen LogP contribution in [0, 0.1) is 0 Å². The van der Waals surface area contributed by atoms with Crippen molar-refractivity contribution in [3.63, 3.8) is 0 Å². The maximum Gasteiger partial charge on any atom is 0.255 e. The summed E-state index contributed by atoms with van der Waals surface area (Å²) in [4.78, 5) is 24.6. The van der Waals surface area contributed by atoms with Crippen molar-refractivity contribution in [1.29, 1.82) is 0 Å². The van der Waals surface area contributed by atoms with Crippen LogP contribution >= 0.6 is 0 Å². The Kier molecular flexibility index (Phi) is 3.98. The highest BCUT2D eigenvalue weighted by molar-refractivity contribution is 6.02. The monoisotopic (exact) mass is 359 g/mol. The zero-order chi connectivity index (χ0) is 18.2. The van der Waals surface area contributed by atoms with Crippen molar-refractivity contribution < 1.29 is 4.79 Å². The molecule has 3 aromatic heterocycles. The molecule has 1 aliphatic rings. The number of hydrogen-bond acceptors (Lipinski definition) is 4. The summed E-state index contributed by atoms with van der Waals surface area (Å²) in [6.07, 6.45) is 4.43. The van der Waals surface area contributed by atoms with Crippen LogP contribution in [-0.4, -0.2) is 51.4 Å². The van der Waals surface area contributed by atoms with E-state index in [0.717, 1.165) is 41.7 Å². The van der Waals surface area contributed by atoms with Gasteiger partial charge in [-0.2, -0.15) is 0 Å². The first kappa shape index (κ1) is 16.2. The minimum Gasteiger partial charge on any atom is -0.351 e. The van der Waals surface area contributed by atoms with Crippen molar-refractivity contribution in [2.45, 2.75) is 12.8 Å². The topological polar surface area (TPSA) is 62.5 Å². The fraction of sp³-hybridized carbons (Fsp3) is 0.286. The van der Waals surface area contributed by atoms with E-state index >= 15 is 0 Å². The number of aromatic nitrogens is 3. The molecular formula is C21H21N5O. The van der Waals surface area contributed by atoms with Gasteiger partial charge in [0.25, 0.3) is 5.91 Å².